The van der Waals surface area contributed by atoms with Crippen LogP contribution in [0.15, 0.2) is 41.9 Å². The van der Waals surface area contributed by atoms with Crippen molar-refractivity contribution in [1.29, 1.82) is 0 Å². The van der Waals surface area contributed by atoms with Crippen molar-refractivity contribution in [3.8, 4) is 10.7 Å². The van der Waals surface area contributed by atoms with Crippen molar-refractivity contribution in [3.05, 3.63) is 47.7 Å². The van der Waals surface area contributed by atoms with Crippen molar-refractivity contribution >= 4 is 34.8 Å². The normalized spacial score (nSPS) is 14.0. The van der Waals surface area contributed by atoms with Crippen molar-refractivity contribution in [3.63, 3.8) is 0 Å². The molecular formula is C20H21FN6O2S. The van der Waals surface area contributed by atoms with Gasteiger partial charge in [-0.25, -0.2) is 14.4 Å². The Morgan fingerprint density at radius 2 is 1.87 bits per heavy atom. The van der Waals surface area contributed by atoms with Crippen molar-refractivity contribution in [2.24, 2.45) is 0 Å². The molecule has 4 rings (SSSR count). The molecule has 2 N–H and O–H groups in total. The number of thiazole rings is 1. The molecule has 30 heavy (non-hydrogen) atoms. The summed E-state index contributed by atoms with van der Waals surface area (Å²) in [6.07, 6.45) is 1.71. The maximum atomic E-state index is 13.2. The number of aliphatic carboxylic acids is 1. The molecule has 3 heterocycles. The van der Waals surface area contributed by atoms with Crippen LogP contribution in [-0.4, -0.2) is 58.8 Å². The van der Waals surface area contributed by atoms with Crippen LogP contribution in [0.3, 0.4) is 0 Å². The third kappa shape index (κ3) is 4.82. The van der Waals surface area contributed by atoms with Crippen LogP contribution in [0.1, 0.15) is 6.42 Å². The molecule has 0 radical (unpaired) electrons. The summed E-state index contributed by atoms with van der Waals surface area (Å²) in [5.74, 6) is 0.0402. The first kappa shape index (κ1) is 20.0. The number of nitrogens with one attached hydrogen (secondary N) is 1. The van der Waals surface area contributed by atoms with E-state index in [1.54, 1.807) is 18.3 Å². The number of carboxylic acid groups (broad SMARTS) is 1. The minimum absolute atomic E-state index is 0.0173. The number of benzene rings is 1. The van der Waals surface area contributed by atoms with E-state index in [0.717, 1.165) is 42.7 Å². The van der Waals surface area contributed by atoms with Crippen LogP contribution in [0.4, 0.5) is 21.8 Å². The van der Waals surface area contributed by atoms with Gasteiger partial charge in [-0.1, -0.05) is 0 Å². The number of aromatic nitrogens is 3. The molecule has 1 aliphatic rings. The lowest BCUT2D eigenvalue weighted by molar-refractivity contribution is -0.136. The molecule has 0 bridgehead atoms. The molecule has 0 saturated carbocycles. The zero-order valence-corrected chi connectivity index (χ0v) is 17.0. The molecule has 0 atom stereocenters. The van der Waals surface area contributed by atoms with Gasteiger partial charge in [0, 0.05) is 56.1 Å². The van der Waals surface area contributed by atoms with E-state index in [2.05, 4.69) is 30.1 Å². The second-order valence-electron chi connectivity index (χ2n) is 6.79. The van der Waals surface area contributed by atoms with Crippen LogP contribution in [0, 0.1) is 5.82 Å². The molecule has 0 unspecified atom stereocenters. The van der Waals surface area contributed by atoms with Gasteiger partial charge in [0.1, 0.15) is 22.3 Å². The summed E-state index contributed by atoms with van der Waals surface area (Å²) in [4.78, 5) is 28.6. The largest absolute Gasteiger partial charge is 0.481 e. The van der Waals surface area contributed by atoms with Crippen LogP contribution in [0.5, 0.6) is 0 Å². The molecule has 1 saturated heterocycles. The summed E-state index contributed by atoms with van der Waals surface area (Å²) in [5, 5.41) is 14.5. The quantitative estimate of drug-likeness (QED) is 0.593. The highest BCUT2D eigenvalue weighted by molar-refractivity contribution is 7.13. The first-order chi connectivity index (χ1) is 14.6. The fourth-order valence-electron chi connectivity index (χ4n) is 3.26. The number of rotatable bonds is 7. The van der Waals surface area contributed by atoms with E-state index in [0.29, 0.717) is 11.6 Å². The predicted molar refractivity (Wildman–Crippen MR) is 115 cm³/mol. The molecular weight excluding hydrogens is 407 g/mol. The molecule has 0 amide bonds. The number of carbonyl (C=O) groups is 1. The van der Waals surface area contributed by atoms with Gasteiger partial charge >= 0.3 is 5.97 Å². The van der Waals surface area contributed by atoms with Gasteiger partial charge in [0.05, 0.1) is 6.42 Å². The van der Waals surface area contributed by atoms with Gasteiger partial charge in [-0.2, -0.15) is 4.98 Å². The van der Waals surface area contributed by atoms with E-state index in [-0.39, 0.29) is 18.8 Å². The lowest BCUT2D eigenvalue weighted by Gasteiger charge is -2.36. The number of halogens is 1. The molecule has 156 valence electrons. The minimum Gasteiger partial charge on any atom is -0.481 e. The van der Waals surface area contributed by atoms with Crippen molar-refractivity contribution in [2.75, 3.05) is 47.8 Å². The Hall–Kier alpha value is -3.27. The summed E-state index contributed by atoms with van der Waals surface area (Å²) in [5.41, 5.74) is 1.70. The fraction of sp³-hybridized carbons (Fsp3) is 0.300. The molecule has 2 aromatic heterocycles. The number of piperazine rings is 1. The molecule has 10 heteroatoms. The Morgan fingerprint density at radius 3 is 2.53 bits per heavy atom. The topological polar surface area (TPSA) is 94.5 Å². The highest BCUT2D eigenvalue weighted by atomic mass is 32.1. The van der Waals surface area contributed by atoms with E-state index in [4.69, 9.17) is 5.11 Å². The summed E-state index contributed by atoms with van der Waals surface area (Å²) < 4.78 is 13.2. The van der Waals surface area contributed by atoms with Crippen LogP contribution < -0.4 is 15.1 Å². The zero-order valence-electron chi connectivity index (χ0n) is 16.2. The number of hydrogen-bond donors (Lipinski definition) is 2. The summed E-state index contributed by atoms with van der Waals surface area (Å²) in [7, 11) is 0. The Labute approximate surface area is 177 Å². The summed E-state index contributed by atoms with van der Waals surface area (Å²) in [6.45, 7) is 3.31. The van der Waals surface area contributed by atoms with Crippen LogP contribution in [0.25, 0.3) is 10.7 Å². The highest BCUT2D eigenvalue weighted by Gasteiger charge is 2.20. The summed E-state index contributed by atoms with van der Waals surface area (Å²) >= 11 is 1.49. The third-order valence-electron chi connectivity index (χ3n) is 4.78. The SMILES string of the molecule is O=C(O)CCNc1nc(-c2nccs2)cc(N2CCN(c3ccc(F)cc3)CC2)n1. The first-order valence-electron chi connectivity index (χ1n) is 9.58. The van der Waals surface area contributed by atoms with Gasteiger partial charge in [0.2, 0.25) is 5.95 Å². The number of hydrogen-bond acceptors (Lipinski definition) is 8. The fourth-order valence-corrected chi connectivity index (χ4v) is 3.86. The monoisotopic (exact) mass is 428 g/mol. The van der Waals surface area contributed by atoms with Crippen LogP contribution >= 0.6 is 11.3 Å². The zero-order chi connectivity index (χ0) is 20.9. The van der Waals surface area contributed by atoms with E-state index in [1.807, 2.05) is 11.4 Å². The Kier molecular flexibility index (Phi) is 6.03. The predicted octanol–water partition coefficient (Wildman–Crippen LogP) is 2.95. The Morgan fingerprint density at radius 1 is 1.13 bits per heavy atom. The molecule has 1 aromatic carbocycles. The van der Waals surface area contributed by atoms with E-state index in [9.17, 15) is 9.18 Å². The lowest BCUT2D eigenvalue weighted by atomic mass is 10.2. The molecule has 1 fully saturated rings. The first-order valence-corrected chi connectivity index (χ1v) is 10.5. The Balaban J connectivity index is 1.50. The van der Waals surface area contributed by atoms with Crippen molar-refractivity contribution in [2.45, 2.75) is 6.42 Å². The van der Waals surface area contributed by atoms with Gasteiger partial charge in [0.25, 0.3) is 0 Å². The third-order valence-corrected chi connectivity index (χ3v) is 5.58. The molecule has 0 aliphatic carbocycles. The summed E-state index contributed by atoms with van der Waals surface area (Å²) in [6, 6.07) is 8.44. The maximum Gasteiger partial charge on any atom is 0.305 e. The van der Waals surface area contributed by atoms with Gasteiger partial charge < -0.3 is 20.2 Å². The van der Waals surface area contributed by atoms with Crippen LogP contribution in [0.2, 0.25) is 0 Å². The molecule has 8 nitrogen and oxygen atoms in total. The van der Waals surface area contributed by atoms with Gasteiger partial charge in [-0.3, -0.25) is 4.79 Å². The second-order valence-corrected chi connectivity index (χ2v) is 7.69. The van der Waals surface area contributed by atoms with Crippen molar-refractivity contribution < 1.29 is 14.3 Å². The van der Waals surface area contributed by atoms with Gasteiger partial charge in [-0.05, 0) is 24.3 Å². The van der Waals surface area contributed by atoms with Crippen molar-refractivity contribution in [1.82, 2.24) is 15.0 Å². The molecule has 0 spiro atoms. The van der Waals surface area contributed by atoms with Crippen LogP contribution in [-0.2, 0) is 4.79 Å². The number of carboxylic acids is 1. The average molecular weight is 428 g/mol. The standard InChI is InChI=1S/C20H21FN6O2S/c21-14-1-3-15(4-2-14)26-8-10-27(11-9-26)17-13-16(19-22-7-12-30-19)24-20(25-17)23-6-5-18(28)29/h1-4,7,12-13H,5-6,8-11H2,(H,28,29)(H,23,24,25). The number of anilines is 3. The smallest absolute Gasteiger partial charge is 0.305 e. The van der Waals surface area contributed by atoms with E-state index < -0.39 is 5.97 Å². The lowest BCUT2D eigenvalue weighted by Crippen LogP contribution is -2.46. The minimum atomic E-state index is -0.879. The van der Waals surface area contributed by atoms with Gasteiger partial charge in [0.15, 0.2) is 0 Å². The average Bonchev–Trinajstić information content (AvgIpc) is 3.29. The molecule has 3 aromatic rings. The maximum absolute atomic E-state index is 13.2. The number of nitrogens with zero attached hydrogens (tertiary/aromatic N) is 5. The van der Waals surface area contributed by atoms with E-state index in [1.165, 1.54) is 23.5 Å². The molecule has 1 aliphatic heterocycles. The highest BCUT2D eigenvalue weighted by Crippen LogP contribution is 2.26. The van der Waals surface area contributed by atoms with Gasteiger partial charge in [-0.15, -0.1) is 11.3 Å². The Bertz CT molecular complexity index is 991. The van der Waals surface area contributed by atoms with E-state index >= 15 is 0 Å². The second kappa shape index (κ2) is 9.04.